The summed E-state index contributed by atoms with van der Waals surface area (Å²) in [6.07, 6.45) is 6.83. The fraction of sp³-hybridized carbons (Fsp3) is 0.600. The van der Waals surface area contributed by atoms with Crippen LogP contribution in [0.15, 0.2) is 18.2 Å². The van der Waals surface area contributed by atoms with E-state index in [1.807, 2.05) is 9.80 Å². The van der Waals surface area contributed by atoms with Gasteiger partial charge in [0.2, 0.25) is 5.91 Å². The number of piperazine rings is 1. The van der Waals surface area contributed by atoms with Crippen molar-refractivity contribution >= 4 is 17.4 Å². The maximum Gasteiger partial charge on any atom is 0.222 e. The summed E-state index contributed by atoms with van der Waals surface area (Å²) in [5, 5.41) is 0. The maximum absolute atomic E-state index is 14.3. The largest absolute Gasteiger partial charge is 0.366 e. The first kappa shape index (κ1) is 17.9. The van der Waals surface area contributed by atoms with Gasteiger partial charge in [-0.1, -0.05) is 25.7 Å². The summed E-state index contributed by atoms with van der Waals surface area (Å²) in [7, 11) is 0. The Morgan fingerprint density at radius 3 is 2.40 bits per heavy atom. The molecule has 1 aromatic carbocycles. The Balaban J connectivity index is 1.51. The molecule has 2 fully saturated rings. The minimum absolute atomic E-state index is 0.136. The molecule has 0 atom stereocenters. The monoisotopic (exact) mass is 346 g/mol. The van der Waals surface area contributed by atoms with Gasteiger partial charge in [-0.15, -0.1) is 0 Å². The average Bonchev–Trinajstić information content (AvgIpc) is 3.13. The lowest BCUT2D eigenvalue weighted by Crippen LogP contribution is -2.49. The van der Waals surface area contributed by atoms with E-state index in [1.165, 1.54) is 38.7 Å². The molecular formula is C20H27FN2O2. The van der Waals surface area contributed by atoms with Gasteiger partial charge >= 0.3 is 0 Å². The van der Waals surface area contributed by atoms with Crippen molar-refractivity contribution in [3.63, 3.8) is 0 Å². The molecule has 1 aromatic rings. The maximum atomic E-state index is 14.3. The normalized spacial score (nSPS) is 18.6. The van der Waals surface area contributed by atoms with Crippen molar-refractivity contribution in [1.82, 2.24) is 4.90 Å². The van der Waals surface area contributed by atoms with E-state index in [0.29, 0.717) is 43.9 Å². The van der Waals surface area contributed by atoms with Crippen LogP contribution in [0.4, 0.5) is 10.1 Å². The highest BCUT2D eigenvalue weighted by Gasteiger charge is 2.24. The van der Waals surface area contributed by atoms with Crippen molar-refractivity contribution < 1.29 is 14.0 Å². The van der Waals surface area contributed by atoms with E-state index >= 15 is 0 Å². The Kier molecular flexibility index (Phi) is 5.71. The molecule has 1 saturated carbocycles. The first-order valence-electron chi connectivity index (χ1n) is 9.38. The van der Waals surface area contributed by atoms with Crippen LogP contribution in [0.5, 0.6) is 0 Å². The average molecular weight is 346 g/mol. The minimum atomic E-state index is -0.367. The third-order valence-corrected chi connectivity index (χ3v) is 5.57. The van der Waals surface area contributed by atoms with Crippen LogP contribution in [0, 0.1) is 11.7 Å². The van der Waals surface area contributed by atoms with E-state index in [1.54, 1.807) is 12.1 Å². The number of hydrogen-bond acceptors (Lipinski definition) is 3. The molecule has 0 radical (unpaired) electrons. The van der Waals surface area contributed by atoms with Crippen molar-refractivity contribution in [3.05, 3.63) is 29.6 Å². The number of nitrogens with zero attached hydrogens (tertiary/aromatic N) is 2. The number of anilines is 1. The van der Waals surface area contributed by atoms with Crippen LogP contribution < -0.4 is 4.90 Å². The summed E-state index contributed by atoms with van der Waals surface area (Å²) in [6.45, 7) is 3.97. The lowest BCUT2D eigenvalue weighted by atomic mass is 10.0. The molecule has 1 heterocycles. The topological polar surface area (TPSA) is 40.6 Å². The number of carbonyl (C=O) groups is 2. The summed E-state index contributed by atoms with van der Waals surface area (Å²) >= 11 is 0. The molecule has 0 bridgehead atoms. The zero-order chi connectivity index (χ0) is 17.8. The van der Waals surface area contributed by atoms with Gasteiger partial charge in [0.15, 0.2) is 5.78 Å². The molecule has 0 N–H and O–H groups in total. The Labute approximate surface area is 149 Å². The van der Waals surface area contributed by atoms with Gasteiger partial charge < -0.3 is 9.80 Å². The third-order valence-electron chi connectivity index (χ3n) is 5.57. The van der Waals surface area contributed by atoms with Gasteiger partial charge in [-0.25, -0.2) is 4.39 Å². The van der Waals surface area contributed by atoms with Gasteiger partial charge in [-0.05, 0) is 37.5 Å². The fourth-order valence-corrected chi connectivity index (χ4v) is 3.96. The van der Waals surface area contributed by atoms with Crippen molar-refractivity contribution in [2.75, 3.05) is 31.1 Å². The molecule has 0 spiro atoms. The number of rotatable bonds is 5. The predicted molar refractivity (Wildman–Crippen MR) is 96.4 cm³/mol. The Bertz CT molecular complexity index is 633. The number of ketones is 1. The second kappa shape index (κ2) is 7.98. The van der Waals surface area contributed by atoms with Crippen LogP contribution in [-0.2, 0) is 4.79 Å². The molecule has 2 aliphatic rings. The van der Waals surface area contributed by atoms with Crippen LogP contribution >= 0.6 is 0 Å². The number of Topliss-reactive ketones (excluding diaryl/α,β-unsaturated/α-hetero) is 1. The van der Waals surface area contributed by atoms with Crippen LogP contribution in [0.25, 0.3) is 0 Å². The van der Waals surface area contributed by atoms with Crippen molar-refractivity contribution in [1.29, 1.82) is 0 Å². The first-order valence-corrected chi connectivity index (χ1v) is 9.38. The number of amides is 1. The Morgan fingerprint density at radius 2 is 1.80 bits per heavy atom. The lowest BCUT2D eigenvalue weighted by molar-refractivity contribution is -0.131. The smallest absolute Gasteiger partial charge is 0.222 e. The van der Waals surface area contributed by atoms with Crippen LogP contribution in [0.2, 0.25) is 0 Å². The van der Waals surface area contributed by atoms with Crippen LogP contribution in [-0.4, -0.2) is 42.8 Å². The summed E-state index contributed by atoms with van der Waals surface area (Å²) in [4.78, 5) is 27.6. The molecule has 4 nitrogen and oxygen atoms in total. The summed E-state index contributed by atoms with van der Waals surface area (Å²) < 4.78 is 14.3. The van der Waals surface area contributed by atoms with Crippen LogP contribution in [0.3, 0.4) is 0 Å². The first-order chi connectivity index (χ1) is 12.0. The van der Waals surface area contributed by atoms with Crippen molar-refractivity contribution in [2.45, 2.75) is 45.4 Å². The summed E-state index contributed by atoms with van der Waals surface area (Å²) in [6, 6.07) is 4.64. The molecular weight excluding hydrogens is 319 g/mol. The number of carbonyl (C=O) groups excluding carboxylic acids is 2. The molecule has 136 valence electrons. The predicted octanol–water partition coefficient (Wildman–Crippen LogP) is 3.65. The van der Waals surface area contributed by atoms with E-state index in [0.717, 1.165) is 12.3 Å². The second-order valence-electron chi connectivity index (χ2n) is 7.28. The SMILES string of the molecule is CC(=O)c1ccc(N2CCN(C(=O)CCC3CCCC3)CC2)c(F)c1. The highest BCUT2D eigenvalue weighted by molar-refractivity contribution is 5.94. The Hall–Kier alpha value is -1.91. The zero-order valence-corrected chi connectivity index (χ0v) is 15.0. The van der Waals surface area contributed by atoms with Gasteiger partial charge in [-0.3, -0.25) is 9.59 Å². The lowest BCUT2D eigenvalue weighted by Gasteiger charge is -2.36. The number of halogens is 1. The van der Waals surface area contributed by atoms with Gasteiger partial charge in [-0.2, -0.15) is 0 Å². The van der Waals surface area contributed by atoms with E-state index in [9.17, 15) is 14.0 Å². The molecule has 1 aliphatic carbocycles. The molecule has 1 aliphatic heterocycles. The van der Waals surface area contributed by atoms with Crippen molar-refractivity contribution in [3.8, 4) is 0 Å². The van der Waals surface area contributed by atoms with E-state index in [4.69, 9.17) is 0 Å². The molecule has 0 unspecified atom stereocenters. The number of hydrogen-bond donors (Lipinski definition) is 0. The highest BCUT2D eigenvalue weighted by atomic mass is 19.1. The molecule has 3 rings (SSSR count). The van der Waals surface area contributed by atoms with E-state index < -0.39 is 0 Å². The van der Waals surface area contributed by atoms with E-state index in [-0.39, 0.29) is 17.5 Å². The molecule has 1 saturated heterocycles. The van der Waals surface area contributed by atoms with E-state index in [2.05, 4.69) is 0 Å². The van der Waals surface area contributed by atoms with Gasteiger partial charge in [0.05, 0.1) is 5.69 Å². The summed E-state index contributed by atoms with van der Waals surface area (Å²) in [5.74, 6) is 0.468. The quantitative estimate of drug-likeness (QED) is 0.764. The minimum Gasteiger partial charge on any atom is -0.366 e. The van der Waals surface area contributed by atoms with Gasteiger partial charge in [0.1, 0.15) is 5.82 Å². The molecule has 1 amide bonds. The highest BCUT2D eigenvalue weighted by Crippen LogP contribution is 2.29. The molecule has 0 aromatic heterocycles. The summed E-state index contributed by atoms with van der Waals surface area (Å²) in [5.41, 5.74) is 0.907. The third kappa shape index (κ3) is 4.39. The standard InChI is InChI=1S/C20H27FN2O2/c1-15(24)17-7-8-19(18(21)14-17)22-10-12-23(13-11-22)20(25)9-6-16-4-2-3-5-16/h7-8,14,16H,2-6,9-13H2,1H3. The fourth-order valence-electron chi connectivity index (χ4n) is 3.96. The van der Waals surface area contributed by atoms with Gasteiger partial charge in [0.25, 0.3) is 0 Å². The Morgan fingerprint density at radius 1 is 1.12 bits per heavy atom. The number of benzene rings is 1. The molecule has 5 heteroatoms. The second-order valence-corrected chi connectivity index (χ2v) is 7.28. The van der Waals surface area contributed by atoms with Gasteiger partial charge in [0, 0.05) is 38.2 Å². The van der Waals surface area contributed by atoms with Crippen molar-refractivity contribution in [2.24, 2.45) is 5.92 Å². The zero-order valence-electron chi connectivity index (χ0n) is 15.0. The molecule has 25 heavy (non-hydrogen) atoms. The van der Waals surface area contributed by atoms with Crippen LogP contribution in [0.1, 0.15) is 55.8 Å².